The number of hydrogen-bond donors (Lipinski definition) is 2. The van der Waals surface area contributed by atoms with Gasteiger partial charge in [-0.15, -0.1) is 0 Å². The lowest BCUT2D eigenvalue weighted by atomic mass is 10.1. The van der Waals surface area contributed by atoms with E-state index in [0.29, 0.717) is 23.1 Å². The molecule has 2 aromatic heterocycles. The number of anilines is 1. The first-order valence-electron chi connectivity index (χ1n) is 7.49. The molecule has 3 aromatic rings. The zero-order valence-corrected chi connectivity index (χ0v) is 12.6. The van der Waals surface area contributed by atoms with E-state index in [-0.39, 0.29) is 5.91 Å². The summed E-state index contributed by atoms with van der Waals surface area (Å²) >= 11 is 0. The standard InChI is InChI=1S/C16H15N5O2/c1-9-17-15(21-23-9)10-4-2-5-11(8-10)18-16(22)14-12-6-3-7-13(12)19-20-14/h2,4-5,8H,3,6-7H2,1H3,(H,18,22)(H,19,20). The third-order valence-electron chi connectivity index (χ3n) is 3.93. The number of aryl methyl sites for hydroxylation is 2. The summed E-state index contributed by atoms with van der Waals surface area (Å²) in [6.07, 6.45) is 2.93. The number of rotatable bonds is 3. The van der Waals surface area contributed by atoms with Gasteiger partial charge in [-0.25, -0.2) is 0 Å². The number of aromatic nitrogens is 4. The molecule has 0 bridgehead atoms. The predicted octanol–water partition coefficient (Wildman–Crippen LogP) is 2.51. The Balaban J connectivity index is 1.58. The Morgan fingerprint density at radius 2 is 2.26 bits per heavy atom. The topological polar surface area (TPSA) is 96.7 Å². The molecule has 1 aliphatic carbocycles. The second-order valence-corrected chi connectivity index (χ2v) is 5.55. The largest absolute Gasteiger partial charge is 0.339 e. The summed E-state index contributed by atoms with van der Waals surface area (Å²) < 4.78 is 4.99. The number of carbonyl (C=O) groups excluding carboxylic acids is 1. The maximum atomic E-state index is 12.4. The molecule has 1 amide bonds. The van der Waals surface area contributed by atoms with Crippen LogP contribution in [0.1, 0.15) is 34.1 Å². The van der Waals surface area contributed by atoms with Gasteiger partial charge in [0, 0.05) is 29.4 Å². The molecule has 1 aromatic carbocycles. The number of hydrogen-bond acceptors (Lipinski definition) is 5. The van der Waals surface area contributed by atoms with Crippen LogP contribution >= 0.6 is 0 Å². The van der Waals surface area contributed by atoms with Crippen LogP contribution in [-0.2, 0) is 12.8 Å². The van der Waals surface area contributed by atoms with E-state index in [9.17, 15) is 4.79 Å². The van der Waals surface area contributed by atoms with E-state index in [1.165, 1.54) is 0 Å². The Morgan fingerprint density at radius 3 is 3.09 bits per heavy atom. The maximum absolute atomic E-state index is 12.4. The van der Waals surface area contributed by atoms with Gasteiger partial charge in [-0.05, 0) is 31.4 Å². The first-order chi connectivity index (χ1) is 11.2. The Bertz CT molecular complexity index is 880. The average molecular weight is 309 g/mol. The molecule has 0 radical (unpaired) electrons. The van der Waals surface area contributed by atoms with Crippen LogP contribution in [0.15, 0.2) is 28.8 Å². The normalized spacial score (nSPS) is 13.1. The number of benzene rings is 1. The fourth-order valence-corrected chi connectivity index (χ4v) is 2.85. The van der Waals surface area contributed by atoms with Gasteiger partial charge in [0.2, 0.25) is 11.7 Å². The summed E-state index contributed by atoms with van der Waals surface area (Å²) in [7, 11) is 0. The van der Waals surface area contributed by atoms with Crippen molar-refractivity contribution >= 4 is 11.6 Å². The lowest BCUT2D eigenvalue weighted by Gasteiger charge is -2.05. The van der Waals surface area contributed by atoms with Crippen molar-refractivity contribution in [2.24, 2.45) is 0 Å². The summed E-state index contributed by atoms with van der Waals surface area (Å²) in [6, 6.07) is 7.34. The van der Waals surface area contributed by atoms with Crippen LogP contribution in [0.25, 0.3) is 11.4 Å². The molecule has 0 atom stereocenters. The van der Waals surface area contributed by atoms with E-state index in [0.717, 1.165) is 36.1 Å². The molecule has 0 aliphatic heterocycles. The highest BCUT2D eigenvalue weighted by Gasteiger charge is 2.23. The number of H-pyrrole nitrogens is 1. The van der Waals surface area contributed by atoms with Crippen molar-refractivity contribution in [2.45, 2.75) is 26.2 Å². The number of fused-ring (bicyclic) bond motifs is 1. The van der Waals surface area contributed by atoms with Crippen LogP contribution in [0.2, 0.25) is 0 Å². The van der Waals surface area contributed by atoms with Crippen molar-refractivity contribution in [1.29, 1.82) is 0 Å². The summed E-state index contributed by atoms with van der Waals surface area (Å²) in [5, 5.41) is 13.9. The van der Waals surface area contributed by atoms with Gasteiger partial charge < -0.3 is 9.84 Å². The lowest BCUT2D eigenvalue weighted by Crippen LogP contribution is -2.14. The molecular weight excluding hydrogens is 294 g/mol. The molecule has 4 rings (SSSR count). The monoisotopic (exact) mass is 309 g/mol. The summed E-state index contributed by atoms with van der Waals surface area (Å²) in [5.41, 5.74) is 4.05. The first kappa shape index (κ1) is 13.7. The minimum atomic E-state index is -0.203. The van der Waals surface area contributed by atoms with Gasteiger partial charge in [0.05, 0.1) is 0 Å². The minimum Gasteiger partial charge on any atom is -0.339 e. The van der Waals surface area contributed by atoms with Crippen LogP contribution in [0, 0.1) is 6.92 Å². The second kappa shape index (κ2) is 5.35. The van der Waals surface area contributed by atoms with E-state index < -0.39 is 0 Å². The predicted molar refractivity (Wildman–Crippen MR) is 83.0 cm³/mol. The molecule has 23 heavy (non-hydrogen) atoms. The van der Waals surface area contributed by atoms with Crippen LogP contribution in [0.3, 0.4) is 0 Å². The van der Waals surface area contributed by atoms with Gasteiger partial charge in [0.15, 0.2) is 5.69 Å². The van der Waals surface area contributed by atoms with Crippen molar-refractivity contribution in [1.82, 2.24) is 20.3 Å². The third kappa shape index (κ3) is 2.50. The van der Waals surface area contributed by atoms with Crippen molar-refractivity contribution < 1.29 is 9.32 Å². The van der Waals surface area contributed by atoms with Gasteiger partial charge in [-0.3, -0.25) is 9.89 Å². The molecule has 0 spiro atoms. The number of aromatic amines is 1. The SMILES string of the molecule is Cc1nc(-c2cccc(NC(=O)c3n[nH]c4c3CCC4)c2)no1. The zero-order valence-electron chi connectivity index (χ0n) is 12.6. The Morgan fingerprint density at radius 1 is 1.35 bits per heavy atom. The molecule has 0 saturated carbocycles. The van der Waals surface area contributed by atoms with Gasteiger partial charge in [-0.2, -0.15) is 10.1 Å². The van der Waals surface area contributed by atoms with E-state index >= 15 is 0 Å². The molecule has 7 heteroatoms. The molecule has 7 nitrogen and oxygen atoms in total. The summed E-state index contributed by atoms with van der Waals surface area (Å²) in [4.78, 5) is 16.6. The van der Waals surface area contributed by atoms with Crippen molar-refractivity contribution in [3.63, 3.8) is 0 Å². The number of carbonyl (C=O) groups is 1. The second-order valence-electron chi connectivity index (χ2n) is 5.55. The van der Waals surface area contributed by atoms with E-state index in [4.69, 9.17) is 4.52 Å². The Kier molecular flexibility index (Phi) is 3.18. The van der Waals surface area contributed by atoms with E-state index in [1.54, 1.807) is 6.92 Å². The molecular formula is C16H15N5O2. The molecule has 2 N–H and O–H groups in total. The van der Waals surface area contributed by atoms with Crippen molar-refractivity contribution in [3.8, 4) is 11.4 Å². The first-order valence-corrected chi connectivity index (χ1v) is 7.49. The van der Waals surface area contributed by atoms with E-state index in [2.05, 4.69) is 25.7 Å². The van der Waals surface area contributed by atoms with Gasteiger partial charge in [0.25, 0.3) is 5.91 Å². The number of nitrogens with one attached hydrogen (secondary N) is 2. The highest BCUT2D eigenvalue weighted by Crippen LogP contribution is 2.24. The fraction of sp³-hybridized carbons (Fsp3) is 0.250. The molecule has 0 unspecified atom stereocenters. The van der Waals surface area contributed by atoms with Crippen LogP contribution < -0.4 is 5.32 Å². The van der Waals surface area contributed by atoms with Crippen LogP contribution in [0.4, 0.5) is 5.69 Å². The maximum Gasteiger partial charge on any atom is 0.276 e. The quantitative estimate of drug-likeness (QED) is 0.775. The highest BCUT2D eigenvalue weighted by atomic mass is 16.5. The average Bonchev–Trinajstić information content (AvgIpc) is 3.23. The summed E-state index contributed by atoms with van der Waals surface area (Å²) in [6.45, 7) is 1.74. The smallest absolute Gasteiger partial charge is 0.276 e. The van der Waals surface area contributed by atoms with Gasteiger partial charge in [0.1, 0.15) is 0 Å². The number of amides is 1. The molecule has 116 valence electrons. The summed E-state index contributed by atoms with van der Waals surface area (Å²) in [5.74, 6) is 0.798. The van der Waals surface area contributed by atoms with E-state index in [1.807, 2.05) is 24.3 Å². The highest BCUT2D eigenvalue weighted by molar-refractivity contribution is 6.04. The fourth-order valence-electron chi connectivity index (χ4n) is 2.85. The van der Waals surface area contributed by atoms with Gasteiger partial charge >= 0.3 is 0 Å². The number of nitrogens with zero attached hydrogens (tertiary/aromatic N) is 3. The minimum absolute atomic E-state index is 0.203. The van der Waals surface area contributed by atoms with Crippen molar-refractivity contribution in [3.05, 3.63) is 47.1 Å². The van der Waals surface area contributed by atoms with Crippen molar-refractivity contribution in [2.75, 3.05) is 5.32 Å². The molecule has 0 saturated heterocycles. The lowest BCUT2D eigenvalue weighted by molar-refractivity contribution is 0.102. The van der Waals surface area contributed by atoms with Gasteiger partial charge in [-0.1, -0.05) is 17.3 Å². The zero-order chi connectivity index (χ0) is 15.8. The third-order valence-corrected chi connectivity index (χ3v) is 3.93. The van der Waals surface area contributed by atoms with Crippen LogP contribution in [-0.4, -0.2) is 26.2 Å². The Hall–Kier alpha value is -2.96. The Labute approximate surface area is 132 Å². The molecule has 2 heterocycles. The molecule has 1 aliphatic rings. The van der Waals surface area contributed by atoms with Crippen LogP contribution in [0.5, 0.6) is 0 Å². The molecule has 0 fully saturated rings.